The first-order valence-electron chi connectivity index (χ1n) is 7.27. The van der Waals surface area contributed by atoms with Gasteiger partial charge >= 0.3 is 0 Å². The Kier molecular flexibility index (Phi) is 4.81. The standard InChI is InChI=1S/C17H16N4O2S/c1-21(12-7-9-13(23-2)10-8-12)20-16(22)11-24-17-18-14-5-3-4-6-15(14)19-17/h3-10H,1,11H2,2H3,(H-,18,19,20,22)/p+1. The molecule has 0 atom stereocenters. The van der Waals surface area contributed by atoms with Gasteiger partial charge in [0.05, 0.1) is 23.9 Å². The molecule has 1 heterocycles. The summed E-state index contributed by atoms with van der Waals surface area (Å²) < 4.78 is 6.53. The first-order chi connectivity index (χ1) is 11.7. The van der Waals surface area contributed by atoms with Crippen molar-refractivity contribution in [2.24, 2.45) is 0 Å². The number of aromatic amines is 1. The number of ether oxygens (including phenoxy) is 1. The number of nitrogens with zero attached hydrogens (tertiary/aromatic N) is 2. The summed E-state index contributed by atoms with van der Waals surface area (Å²) in [7, 11) is 1.61. The summed E-state index contributed by atoms with van der Waals surface area (Å²) in [6.45, 7) is 3.82. The Morgan fingerprint density at radius 2 is 2.04 bits per heavy atom. The van der Waals surface area contributed by atoms with Gasteiger partial charge in [-0.1, -0.05) is 28.6 Å². The number of H-pyrrole nitrogens is 1. The smallest absolute Gasteiger partial charge is 0.285 e. The highest BCUT2D eigenvalue weighted by Crippen LogP contribution is 2.19. The highest BCUT2D eigenvalue weighted by molar-refractivity contribution is 7.99. The minimum atomic E-state index is -0.161. The van der Waals surface area contributed by atoms with Gasteiger partial charge in [0, 0.05) is 12.1 Å². The van der Waals surface area contributed by atoms with E-state index in [2.05, 4.69) is 22.1 Å². The Balaban J connectivity index is 1.55. The van der Waals surface area contributed by atoms with Crippen molar-refractivity contribution < 1.29 is 14.2 Å². The van der Waals surface area contributed by atoms with Gasteiger partial charge in [-0.25, -0.2) is 4.98 Å². The average Bonchev–Trinajstić information content (AvgIpc) is 3.03. The largest absolute Gasteiger partial charge is 0.497 e. The zero-order valence-electron chi connectivity index (χ0n) is 13.2. The molecule has 1 aromatic heterocycles. The Hall–Kier alpha value is -2.80. The van der Waals surface area contributed by atoms with E-state index in [1.165, 1.54) is 16.4 Å². The molecule has 0 aliphatic carbocycles. The van der Waals surface area contributed by atoms with Crippen molar-refractivity contribution in [2.45, 2.75) is 5.16 Å². The van der Waals surface area contributed by atoms with Crippen LogP contribution in [-0.4, -0.2) is 40.1 Å². The molecule has 24 heavy (non-hydrogen) atoms. The summed E-state index contributed by atoms with van der Waals surface area (Å²) >= 11 is 1.34. The predicted octanol–water partition coefficient (Wildman–Crippen LogP) is 2.74. The molecule has 6 nitrogen and oxygen atoms in total. The molecule has 0 radical (unpaired) electrons. The molecule has 2 aromatic carbocycles. The number of hydrazone groups is 1. The summed E-state index contributed by atoms with van der Waals surface area (Å²) in [4.78, 5) is 19.7. The van der Waals surface area contributed by atoms with E-state index < -0.39 is 0 Å². The van der Waals surface area contributed by atoms with Crippen LogP contribution in [0, 0.1) is 0 Å². The van der Waals surface area contributed by atoms with Crippen molar-refractivity contribution in [1.29, 1.82) is 0 Å². The summed E-state index contributed by atoms with van der Waals surface area (Å²) in [5.41, 5.74) is 5.32. The quantitative estimate of drug-likeness (QED) is 0.313. The lowest BCUT2D eigenvalue weighted by atomic mass is 10.3. The van der Waals surface area contributed by atoms with Gasteiger partial charge in [0.15, 0.2) is 11.9 Å². The minimum Gasteiger partial charge on any atom is -0.497 e. The van der Waals surface area contributed by atoms with Crippen molar-refractivity contribution in [1.82, 2.24) is 15.4 Å². The molecule has 0 aliphatic rings. The van der Waals surface area contributed by atoms with E-state index in [9.17, 15) is 4.79 Å². The number of hydrogen-bond donors (Lipinski definition) is 2. The fourth-order valence-electron chi connectivity index (χ4n) is 2.14. The maximum Gasteiger partial charge on any atom is 0.285 e. The van der Waals surface area contributed by atoms with Gasteiger partial charge in [-0.2, -0.15) is 0 Å². The summed E-state index contributed by atoms with van der Waals surface area (Å²) in [5.74, 6) is 0.826. The third-order valence-electron chi connectivity index (χ3n) is 3.35. The van der Waals surface area contributed by atoms with E-state index in [0.29, 0.717) is 5.16 Å². The number of imidazole rings is 1. The molecular weight excluding hydrogens is 324 g/mol. The number of aromatic nitrogens is 2. The number of fused-ring (bicyclic) bond motifs is 1. The first kappa shape index (κ1) is 16.1. The van der Waals surface area contributed by atoms with Crippen LogP contribution in [0.4, 0.5) is 5.69 Å². The molecule has 0 unspecified atom stereocenters. The fraction of sp³-hybridized carbons (Fsp3) is 0.118. The van der Waals surface area contributed by atoms with Crippen LogP contribution in [0.2, 0.25) is 0 Å². The normalized spacial score (nSPS) is 10.5. The van der Waals surface area contributed by atoms with Gasteiger partial charge < -0.3 is 9.72 Å². The molecule has 7 heteroatoms. The van der Waals surface area contributed by atoms with Gasteiger partial charge in [0.25, 0.3) is 5.91 Å². The van der Waals surface area contributed by atoms with Crippen molar-refractivity contribution in [2.75, 3.05) is 12.9 Å². The summed E-state index contributed by atoms with van der Waals surface area (Å²) in [6.07, 6.45) is 0. The van der Waals surface area contributed by atoms with Crippen molar-refractivity contribution >= 4 is 41.1 Å². The second-order valence-corrected chi connectivity index (χ2v) is 5.97. The molecule has 3 rings (SSSR count). The van der Waals surface area contributed by atoms with Crippen LogP contribution in [0.3, 0.4) is 0 Å². The Morgan fingerprint density at radius 3 is 2.75 bits per heavy atom. The average molecular weight is 341 g/mol. The van der Waals surface area contributed by atoms with Gasteiger partial charge in [-0.05, 0) is 24.3 Å². The zero-order valence-corrected chi connectivity index (χ0v) is 14.0. The number of rotatable bonds is 6. The summed E-state index contributed by atoms with van der Waals surface area (Å²) in [6, 6.07) is 15.0. The van der Waals surface area contributed by atoms with Crippen LogP contribution in [0.1, 0.15) is 0 Å². The first-order valence-corrected chi connectivity index (χ1v) is 8.26. The topological polar surface area (TPSA) is 70.0 Å². The fourth-order valence-corrected chi connectivity index (χ4v) is 2.82. The Bertz CT molecular complexity index is 841. The van der Waals surface area contributed by atoms with E-state index in [1.807, 2.05) is 48.5 Å². The highest BCUT2D eigenvalue weighted by atomic mass is 32.2. The maximum atomic E-state index is 12.1. The number of amides is 1. The molecule has 122 valence electrons. The number of methoxy groups -OCH3 is 1. The predicted molar refractivity (Wildman–Crippen MR) is 95.0 cm³/mol. The lowest BCUT2D eigenvalue weighted by Gasteiger charge is -2.03. The van der Waals surface area contributed by atoms with E-state index in [1.54, 1.807) is 7.11 Å². The third kappa shape index (κ3) is 3.75. The van der Waals surface area contributed by atoms with E-state index in [-0.39, 0.29) is 11.7 Å². The third-order valence-corrected chi connectivity index (χ3v) is 4.22. The van der Waals surface area contributed by atoms with Gasteiger partial charge in [-0.3, -0.25) is 4.79 Å². The molecule has 0 bridgehead atoms. The van der Waals surface area contributed by atoms with Crippen molar-refractivity contribution in [3.8, 4) is 5.75 Å². The van der Waals surface area contributed by atoms with Gasteiger partial charge in [0.1, 0.15) is 5.75 Å². The van der Waals surface area contributed by atoms with Crippen LogP contribution in [0.25, 0.3) is 11.0 Å². The van der Waals surface area contributed by atoms with E-state index in [4.69, 9.17) is 4.74 Å². The van der Waals surface area contributed by atoms with E-state index in [0.717, 1.165) is 22.5 Å². The number of para-hydroxylation sites is 2. The zero-order chi connectivity index (χ0) is 16.9. The van der Waals surface area contributed by atoms with Crippen LogP contribution in [0.5, 0.6) is 5.75 Å². The molecule has 0 saturated heterocycles. The number of carbonyl (C=O) groups is 1. The highest BCUT2D eigenvalue weighted by Gasteiger charge is 2.13. The molecular formula is C17H17N4O2S+. The number of carbonyl (C=O) groups excluding carboxylic acids is 1. The van der Waals surface area contributed by atoms with Crippen LogP contribution >= 0.6 is 11.8 Å². The van der Waals surface area contributed by atoms with Gasteiger partial charge in [0.2, 0.25) is 5.69 Å². The summed E-state index contributed by atoms with van der Waals surface area (Å²) in [5, 5.41) is 0.714. The second-order valence-electron chi connectivity index (χ2n) is 5.01. The SMILES string of the molecule is C=[N+](NC(=O)CSc1nc2ccccc2[nH]1)c1ccc(OC)cc1. The molecule has 2 N–H and O–H groups in total. The lowest BCUT2D eigenvalue weighted by molar-refractivity contribution is -0.483. The molecule has 3 aromatic rings. The Morgan fingerprint density at radius 1 is 1.29 bits per heavy atom. The van der Waals surface area contributed by atoms with Crippen molar-refractivity contribution in [3.63, 3.8) is 0 Å². The number of nitrogens with one attached hydrogen (secondary N) is 2. The number of benzene rings is 2. The molecule has 0 saturated carbocycles. The minimum absolute atomic E-state index is 0.161. The monoisotopic (exact) mass is 341 g/mol. The molecule has 0 spiro atoms. The van der Waals surface area contributed by atoms with Crippen LogP contribution in [0.15, 0.2) is 53.7 Å². The van der Waals surface area contributed by atoms with Gasteiger partial charge in [-0.15, -0.1) is 5.43 Å². The van der Waals surface area contributed by atoms with Crippen molar-refractivity contribution in [3.05, 3.63) is 48.5 Å². The van der Waals surface area contributed by atoms with Crippen LogP contribution in [-0.2, 0) is 4.79 Å². The number of hydrogen-bond acceptors (Lipinski definition) is 4. The lowest BCUT2D eigenvalue weighted by Crippen LogP contribution is -2.32. The van der Waals surface area contributed by atoms with E-state index >= 15 is 0 Å². The molecule has 1 amide bonds. The maximum absolute atomic E-state index is 12.1. The molecule has 0 aliphatic heterocycles. The van der Waals surface area contributed by atoms with Crippen LogP contribution < -0.4 is 10.2 Å². The molecule has 0 fully saturated rings. The number of thioether (sulfide) groups is 1. The Labute approximate surface area is 143 Å². The number of hydrazine groups is 1. The second kappa shape index (κ2) is 7.18.